The Balaban J connectivity index is 1.68. The molecule has 0 aliphatic heterocycles. The number of nitro benzene ring substituents is 1. The van der Waals surface area contributed by atoms with E-state index in [0.29, 0.717) is 23.7 Å². The molecule has 0 aliphatic rings. The van der Waals surface area contributed by atoms with E-state index in [1.165, 1.54) is 25.3 Å². The minimum Gasteiger partial charge on any atom is -0.495 e. The Morgan fingerprint density at radius 1 is 1.04 bits per heavy atom. The summed E-state index contributed by atoms with van der Waals surface area (Å²) < 4.78 is 10.8. The molecule has 0 bridgehead atoms. The molecule has 0 radical (unpaired) electrons. The molecule has 1 N–H and O–H groups in total. The second-order valence-corrected chi connectivity index (χ2v) is 5.89. The molecule has 0 fully saturated rings. The lowest BCUT2D eigenvalue weighted by molar-refractivity contribution is -0.384. The van der Waals surface area contributed by atoms with E-state index in [0.717, 1.165) is 5.56 Å². The van der Waals surface area contributed by atoms with Gasteiger partial charge in [-0.25, -0.2) is 0 Å². The van der Waals surface area contributed by atoms with Crippen molar-refractivity contribution in [1.29, 1.82) is 0 Å². The third-order valence-corrected chi connectivity index (χ3v) is 4.01. The maximum Gasteiger partial charge on any atom is 0.271 e. The van der Waals surface area contributed by atoms with Crippen LogP contribution in [0.2, 0.25) is 0 Å². The first-order valence-corrected chi connectivity index (χ1v) is 8.47. The minimum atomic E-state index is -0.534. The van der Waals surface area contributed by atoms with E-state index in [-0.39, 0.29) is 11.4 Å². The summed E-state index contributed by atoms with van der Waals surface area (Å²) >= 11 is 0. The summed E-state index contributed by atoms with van der Waals surface area (Å²) in [5.41, 5.74) is 1.52. The zero-order valence-corrected chi connectivity index (χ0v) is 15.1. The fraction of sp³-hybridized carbons (Fsp3) is 0.0952. The molecular formula is C21H18N2O5. The first kappa shape index (κ1) is 18.9. The summed E-state index contributed by atoms with van der Waals surface area (Å²) in [5, 5.41) is 13.6. The third-order valence-electron chi connectivity index (χ3n) is 4.01. The van der Waals surface area contributed by atoms with Crippen LogP contribution < -0.4 is 14.8 Å². The van der Waals surface area contributed by atoms with Gasteiger partial charge in [0.15, 0.2) is 0 Å². The van der Waals surface area contributed by atoms with E-state index in [1.54, 1.807) is 24.3 Å². The van der Waals surface area contributed by atoms with Gasteiger partial charge in [-0.15, -0.1) is 0 Å². The third kappa shape index (κ3) is 4.64. The number of carbonyl (C=O) groups excluding carboxylic acids is 1. The number of methoxy groups -OCH3 is 1. The predicted octanol–water partition coefficient (Wildman–Crippen LogP) is 4.43. The highest BCUT2D eigenvalue weighted by molar-refractivity contribution is 6.05. The quantitative estimate of drug-likeness (QED) is 0.485. The number of anilines is 1. The van der Waals surface area contributed by atoms with Crippen LogP contribution in [0.3, 0.4) is 0 Å². The summed E-state index contributed by atoms with van der Waals surface area (Å²) in [6, 6.07) is 20.4. The Morgan fingerprint density at radius 2 is 1.75 bits per heavy atom. The minimum absolute atomic E-state index is 0.138. The van der Waals surface area contributed by atoms with Crippen LogP contribution in [0.4, 0.5) is 11.4 Å². The summed E-state index contributed by atoms with van der Waals surface area (Å²) in [5.74, 6) is 0.559. The highest BCUT2D eigenvalue weighted by Gasteiger charge is 2.14. The number of nitrogens with one attached hydrogen (secondary N) is 1. The molecule has 142 valence electrons. The molecule has 0 unspecified atom stereocenters. The van der Waals surface area contributed by atoms with Crippen LogP contribution in [0, 0.1) is 10.1 Å². The van der Waals surface area contributed by atoms with Gasteiger partial charge in [-0.1, -0.05) is 30.3 Å². The molecule has 7 heteroatoms. The van der Waals surface area contributed by atoms with Gasteiger partial charge < -0.3 is 14.8 Å². The van der Waals surface area contributed by atoms with Crippen molar-refractivity contribution in [2.24, 2.45) is 0 Å². The Labute approximate surface area is 161 Å². The SMILES string of the molecule is COc1ccc([N+](=O)[O-])cc1NC(=O)c1ccc(OCc2ccccc2)cc1. The number of carbonyl (C=O) groups is 1. The number of amides is 1. The van der Waals surface area contributed by atoms with Gasteiger partial charge in [0.2, 0.25) is 0 Å². The van der Waals surface area contributed by atoms with Crippen LogP contribution in [0.1, 0.15) is 15.9 Å². The van der Waals surface area contributed by atoms with Crippen LogP contribution in [-0.4, -0.2) is 17.9 Å². The van der Waals surface area contributed by atoms with Gasteiger partial charge in [0.05, 0.1) is 17.7 Å². The lowest BCUT2D eigenvalue weighted by Crippen LogP contribution is -2.12. The first-order chi connectivity index (χ1) is 13.6. The fourth-order valence-corrected chi connectivity index (χ4v) is 2.55. The number of non-ortho nitro benzene ring substituents is 1. The van der Waals surface area contributed by atoms with Crippen LogP contribution in [0.5, 0.6) is 11.5 Å². The number of nitrogens with zero attached hydrogens (tertiary/aromatic N) is 1. The smallest absolute Gasteiger partial charge is 0.271 e. The molecule has 1 amide bonds. The van der Waals surface area contributed by atoms with Crippen LogP contribution in [0.25, 0.3) is 0 Å². The number of nitro groups is 1. The molecule has 0 aliphatic carbocycles. The van der Waals surface area contributed by atoms with E-state index in [9.17, 15) is 14.9 Å². The highest BCUT2D eigenvalue weighted by atomic mass is 16.6. The van der Waals surface area contributed by atoms with Gasteiger partial charge in [0, 0.05) is 17.7 Å². The summed E-state index contributed by atoms with van der Waals surface area (Å²) in [6.07, 6.45) is 0. The molecule has 3 aromatic carbocycles. The van der Waals surface area contributed by atoms with Gasteiger partial charge in [-0.2, -0.15) is 0 Å². The zero-order valence-electron chi connectivity index (χ0n) is 15.1. The monoisotopic (exact) mass is 378 g/mol. The largest absolute Gasteiger partial charge is 0.495 e. The molecule has 0 saturated heterocycles. The number of hydrogen-bond donors (Lipinski definition) is 1. The number of rotatable bonds is 7. The van der Waals surface area contributed by atoms with Crippen molar-refractivity contribution in [3.8, 4) is 11.5 Å². The molecule has 7 nitrogen and oxygen atoms in total. The molecule has 0 saturated carbocycles. The van der Waals surface area contributed by atoms with Crippen molar-refractivity contribution in [3.63, 3.8) is 0 Å². The summed E-state index contributed by atoms with van der Waals surface area (Å²) in [4.78, 5) is 22.9. The van der Waals surface area contributed by atoms with E-state index >= 15 is 0 Å². The Hall–Kier alpha value is -3.87. The lowest BCUT2D eigenvalue weighted by atomic mass is 10.2. The summed E-state index contributed by atoms with van der Waals surface area (Å²) in [7, 11) is 1.43. The standard InChI is InChI=1S/C21H18N2O5/c1-27-20-12-9-17(23(25)26)13-19(20)22-21(24)16-7-10-18(11-8-16)28-14-15-5-3-2-4-6-15/h2-13H,14H2,1H3,(H,22,24). The molecule has 0 spiro atoms. The Morgan fingerprint density at radius 3 is 2.39 bits per heavy atom. The van der Waals surface area contributed by atoms with E-state index in [1.807, 2.05) is 30.3 Å². The normalized spacial score (nSPS) is 10.2. The maximum atomic E-state index is 12.5. The zero-order chi connectivity index (χ0) is 19.9. The predicted molar refractivity (Wildman–Crippen MR) is 105 cm³/mol. The molecule has 28 heavy (non-hydrogen) atoms. The van der Waals surface area contributed by atoms with Gasteiger partial charge in [0.1, 0.15) is 18.1 Å². The molecule has 0 aromatic heterocycles. The Bertz CT molecular complexity index is 972. The average molecular weight is 378 g/mol. The highest BCUT2D eigenvalue weighted by Crippen LogP contribution is 2.29. The average Bonchev–Trinajstić information content (AvgIpc) is 2.73. The second-order valence-electron chi connectivity index (χ2n) is 5.89. The second kappa shape index (κ2) is 8.68. The lowest BCUT2D eigenvalue weighted by Gasteiger charge is -2.11. The van der Waals surface area contributed by atoms with Crippen LogP contribution in [-0.2, 0) is 6.61 Å². The van der Waals surface area contributed by atoms with Crippen molar-refractivity contribution in [1.82, 2.24) is 0 Å². The van der Waals surface area contributed by atoms with E-state index in [2.05, 4.69) is 5.32 Å². The van der Waals surface area contributed by atoms with Crippen LogP contribution in [0.15, 0.2) is 72.8 Å². The Kier molecular flexibility index (Phi) is 5.86. The first-order valence-electron chi connectivity index (χ1n) is 8.47. The van der Waals surface area contributed by atoms with Crippen molar-refractivity contribution in [2.45, 2.75) is 6.61 Å². The van der Waals surface area contributed by atoms with Crippen molar-refractivity contribution < 1.29 is 19.2 Å². The molecule has 3 rings (SSSR count). The topological polar surface area (TPSA) is 90.7 Å². The summed E-state index contributed by atoms with van der Waals surface area (Å²) in [6.45, 7) is 0.428. The van der Waals surface area contributed by atoms with Gasteiger partial charge in [0.25, 0.3) is 11.6 Å². The molecule has 0 atom stereocenters. The number of ether oxygens (including phenoxy) is 2. The molecule has 0 heterocycles. The van der Waals surface area contributed by atoms with Crippen molar-refractivity contribution >= 4 is 17.3 Å². The van der Waals surface area contributed by atoms with E-state index < -0.39 is 10.8 Å². The maximum absolute atomic E-state index is 12.5. The van der Waals surface area contributed by atoms with E-state index in [4.69, 9.17) is 9.47 Å². The number of benzene rings is 3. The van der Waals surface area contributed by atoms with Gasteiger partial charge in [-0.3, -0.25) is 14.9 Å². The van der Waals surface area contributed by atoms with Crippen LogP contribution >= 0.6 is 0 Å². The van der Waals surface area contributed by atoms with Crippen molar-refractivity contribution in [3.05, 3.63) is 94.0 Å². The van der Waals surface area contributed by atoms with Crippen molar-refractivity contribution in [2.75, 3.05) is 12.4 Å². The fourth-order valence-electron chi connectivity index (χ4n) is 2.55. The van der Waals surface area contributed by atoms with Gasteiger partial charge >= 0.3 is 0 Å². The molecule has 3 aromatic rings. The van der Waals surface area contributed by atoms with Gasteiger partial charge in [-0.05, 0) is 35.9 Å². The molecular weight excluding hydrogens is 360 g/mol. The number of hydrogen-bond acceptors (Lipinski definition) is 5.